The number of hydrogen-bond donors (Lipinski definition) is 2. The summed E-state index contributed by atoms with van der Waals surface area (Å²) in [5, 5.41) is 0. The molecule has 0 amide bonds. The minimum absolute atomic E-state index is 0. The Labute approximate surface area is 109 Å². The van der Waals surface area contributed by atoms with Crippen LogP contribution < -0.4 is 0 Å². The Balaban J connectivity index is -0.000000653. The van der Waals surface area contributed by atoms with Crippen molar-refractivity contribution in [1.82, 2.24) is 0 Å². The van der Waals surface area contributed by atoms with E-state index in [4.69, 9.17) is 9.79 Å². The molecule has 0 fully saturated rings. The van der Waals surface area contributed by atoms with E-state index in [9.17, 15) is 9.13 Å². The molecule has 0 radical (unpaired) electrons. The summed E-state index contributed by atoms with van der Waals surface area (Å²) in [5.41, 5.74) is 1.51. The van der Waals surface area contributed by atoms with E-state index in [0.717, 1.165) is 11.1 Å². The standard InChI is InChI=1S/C8H8O4P2.Mg.2H/c9-13(10)5-7-1-2-8(4-3-7)6-14(11)12;;;/h1-4H,5-6H2;;;/q;+2;2*-1/p+2. The van der Waals surface area contributed by atoms with E-state index in [1.165, 1.54) is 0 Å². The smallest absolute Gasteiger partial charge is 1.00 e. The van der Waals surface area contributed by atoms with Gasteiger partial charge in [-0.3, -0.25) is 0 Å². The molecule has 15 heavy (non-hydrogen) atoms. The van der Waals surface area contributed by atoms with Crippen LogP contribution >= 0.6 is 16.1 Å². The number of rotatable bonds is 4. The van der Waals surface area contributed by atoms with Crippen LogP contribution in [-0.2, 0) is 21.5 Å². The summed E-state index contributed by atoms with van der Waals surface area (Å²) in [7, 11) is -4.32. The SMILES string of the molecule is O=[P+](O)Cc1ccc(C[P+](=O)O)cc1.[H-].[H-].[Mg+2]. The summed E-state index contributed by atoms with van der Waals surface area (Å²) in [5.74, 6) is 0. The monoisotopic (exact) mass is 258 g/mol. The maximum atomic E-state index is 10.5. The summed E-state index contributed by atoms with van der Waals surface area (Å²) >= 11 is 0. The van der Waals surface area contributed by atoms with E-state index in [2.05, 4.69) is 0 Å². The van der Waals surface area contributed by atoms with E-state index in [1.807, 2.05) is 0 Å². The van der Waals surface area contributed by atoms with Crippen molar-refractivity contribution in [1.29, 1.82) is 0 Å². The van der Waals surface area contributed by atoms with Crippen molar-refractivity contribution in [2.24, 2.45) is 0 Å². The normalized spacial score (nSPS) is 11.6. The predicted molar refractivity (Wildman–Crippen MR) is 61.5 cm³/mol. The average Bonchev–Trinajstić information content (AvgIpc) is 2.06. The molecule has 0 aromatic heterocycles. The fourth-order valence-electron chi connectivity index (χ4n) is 1.06. The zero-order valence-electron chi connectivity index (χ0n) is 10.0. The van der Waals surface area contributed by atoms with Crippen molar-refractivity contribution in [2.75, 3.05) is 0 Å². The number of benzene rings is 1. The van der Waals surface area contributed by atoms with Crippen LogP contribution in [0.25, 0.3) is 0 Å². The summed E-state index contributed by atoms with van der Waals surface area (Å²) in [6.45, 7) is 0. The molecule has 0 aliphatic rings. The van der Waals surface area contributed by atoms with Crippen molar-refractivity contribution in [2.45, 2.75) is 12.3 Å². The Morgan fingerprint density at radius 2 is 1.20 bits per heavy atom. The molecule has 0 saturated carbocycles. The van der Waals surface area contributed by atoms with Crippen molar-refractivity contribution < 1.29 is 21.8 Å². The fraction of sp³-hybridized carbons (Fsp3) is 0.250. The zero-order valence-corrected chi connectivity index (χ0v) is 11.2. The molecule has 0 spiro atoms. The molecule has 0 bridgehead atoms. The Morgan fingerprint density at radius 1 is 0.933 bits per heavy atom. The summed E-state index contributed by atoms with van der Waals surface area (Å²) in [4.78, 5) is 17.3. The molecule has 4 nitrogen and oxygen atoms in total. The van der Waals surface area contributed by atoms with Crippen molar-refractivity contribution in [3.63, 3.8) is 0 Å². The Morgan fingerprint density at radius 3 is 1.40 bits per heavy atom. The zero-order chi connectivity index (χ0) is 10.6. The molecule has 0 heterocycles. The number of hydrogen-bond acceptors (Lipinski definition) is 2. The van der Waals surface area contributed by atoms with E-state index >= 15 is 0 Å². The van der Waals surface area contributed by atoms with Gasteiger partial charge in [0.15, 0.2) is 0 Å². The average molecular weight is 258 g/mol. The van der Waals surface area contributed by atoms with Crippen LogP contribution in [0.15, 0.2) is 24.3 Å². The van der Waals surface area contributed by atoms with Crippen LogP contribution in [0.1, 0.15) is 14.0 Å². The van der Waals surface area contributed by atoms with Gasteiger partial charge in [-0.1, -0.05) is 24.3 Å². The Kier molecular flexibility index (Phi) is 7.44. The van der Waals surface area contributed by atoms with Gasteiger partial charge in [-0.25, -0.2) is 0 Å². The van der Waals surface area contributed by atoms with Gasteiger partial charge in [0.05, 0.1) is 0 Å². The largest absolute Gasteiger partial charge is 2.00 e. The van der Waals surface area contributed by atoms with Gasteiger partial charge in [0, 0.05) is 11.1 Å². The van der Waals surface area contributed by atoms with Crippen LogP contribution in [-0.4, -0.2) is 32.8 Å². The second-order valence-electron chi connectivity index (χ2n) is 2.84. The van der Waals surface area contributed by atoms with Gasteiger partial charge in [0.2, 0.25) is 12.3 Å². The predicted octanol–water partition coefficient (Wildman–Crippen LogP) is 2.00. The molecule has 1 aromatic rings. The van der Waals surface area contributed by atoms with Crippen LogP contribution in [0, 0.1) is 0 Å². The quantitative estimate of drug-likeness (QED) is 0.640. The van der Waals surface area contributed by atoms with E-state index in [0.29, 0.717) is 0 Å². The minimum atomic E-state index is -2.16. The van der Waals surface area contributed by atoms with E-state index < -0.39 is 16.1 Å². The molecule has 7 heteroatoms. The third-order valence-corrected chi connectivity index (χ3v) is 2.93. The van der Waals surface area contributed by atoms with Crippen LogP contribution in [0.5, 0.6) is 0 Å². The molecule has 1 aromatic carbocycles. The second kappa shape index (κ2) is 7.39. The first-order chi connectivity index (χ1) is 6.58. The van der Waals surface area contributed by atoms with Gasteiger partial charge >= 0.3 is 39.1 Å². The molecular weight excluding hydrogens is 246 g/mol. The second-order valence-corrected chi connectivity index (χ2v) is 4.88. The van der Waals surface area contributed by atoms with Gasteiger partial charge in [-0.05, 0) is 9.13 Å². The van der Waals surface area contributed by atoms with Gasteiger partial charge in [-0.15, -0.1) is 0 Å². The van der Waals surface area contributed by atoms with Crippen LogP contribution in [0.3, 0.4) is 0 Å². The topological polar surface area (TPSA) is 74.6 Å². The molecular formula is C8H12MgO4P2+2. The van der Waals surface area contributed by atoms with Crippen molar-refractivity contribution >= 4 is 39.1 Å². The van der Waals surface area contributed by atoms with Gasteiger partial charge in [-0.2, -0.15) is 9.79 Å². The Bertz CT molecular complexity index is 326. The summed E-state index contributed by atoms with van der Waals surface area (Å²) in [6, 6.07) is 6.77. The summed E-state index contributed by atoms with van der Waals surface area (Å²) < 4.78 is 21.0. The molecule has 78 valence electrons. The van der Waals surface area contributed by atoms with Crippen LogP contribution in [0.2, 0.25) is 0 Å². The van der Waals surface area contributed by atoms with E-state index in [1.54, 1.807) is 24.3 Å². The van der Waals surface area contributed by atoms with Gasteiger partial charge in [0.25, 0.3) is 0 Å². The third-order valence-electron chi connectivity index (χ3n) is 1.66. The molecule has 0 aliphatic heterocycles. The molecule has 2 unspecified atom stereocenters. The first kappa shape index (κ1) is 15.1. The first-order valence-electron chi connectivity index (χ1n) is 3.93. The van der Waals surface area contributed by atoms with Crippen molar-refractivity contribution in [3.8, 4) is 0 Å². The van der Waals surface area contributed by atoms with Crippen LogP contribution in [0.4, 0.5) is 0 Å². The summed E-state index contributed by atoms with van der Waals surface area (Å²) in [6.07, 6.45) is 0.252. The maximum Gasteiger partial charge on any atom is 2.00 e. The van der Waals surface area contributed by atoms with Crippen molar-refractivity contribution in [3.05, 3.63) is 35.4 Å². The van der Waals surface area contributed by atoms with Gasteiger partial charge < -0.3 is 2.85 Å². The molecule has 0 aliphatic carbocycles. The maximum absolute atomic E-state index is 10.5. The minimum Gasteiger partial charge on any atom is -1.00 e. The first-order valence-corrected chi connectivity index (χ1v) is 6.72. The fourth-order valence-corrected chi connectivity index (χ4v) is 2.11. The molecule has 1 rings (SSSR count). The third kappa shape index (κ3) is 6.31. The molecule has 0 saturated heterocycles. The molecule has 2 N–H and O–H groups in total. The Hall–Kier alpha value is 0.106. The van der Waals surface area contributed by atoms with Gasteiger partial charge in [0.1, 0.15) is 0 Å². The molecule has 2 atom stereocenters. The van der Waals surface area contributed by atoms with E-state index in [-0.39, 0.29) is 38.2 Å².